The molecule has 2 aromatic carbocycles. The number of carbonyl (C=O) groups is 2. The first kappa shape index (κ1) is 17.8. The largest absolute Gasteiger partial charge is 0.478 e. The van der Waals surface area contributed by atoms with E-state index < -0.39 is 29.0 Å². The van der Waals surface area contributed by atoms with Crippen LogP contribution >= 0.6 is 0 Å². The fourth-order valence-corrected chi connectivity index (χ4v) is 2.87. The number of aromatic carboxylic acids is 1. The normalized spacial score (nSPS) is 14.5. The lowest BCUT2D eigenvalue weighted by Gasteiger charge is -2.18. The fraction of sp³-hybridized carbons (Fsp3) is 0.263. The molecule has 0 aliphatic heterocycles. The second-order valence-corrected chi connectivity index (χ2v) is 6.44. The van der Waals surface area contributed by atoms with Crippen molar-refractivity contribution in [2.75, 3.05) is 6.54 Å². The Morgan fingerprint density at radius 3 is 2.31 bits per heavy atom. The van der Waals surface area contributed by atoms with E-state index in [0.717, 1.165) is 24.5 Å². The van der Waals surface area contributed by atoms with Gasteiger partial charge in [-0.3, -0.25) is 0 Å². The van der Waals surface area contributed by atoms with Crippen LogP contribution in [0.4, 0.5) is 13.6 Å². The lowest BCUT2D eigenvalue weighted by Crippen LogP contribution is -2.39. The van der Waals surface area contributed by atoms with E-state index in [-0.39, 0.29) is 18.7 Å². The summed E-state index contributed by atoms with van der Waals surface area (Å²) in [6.07, 6.45) is 1.46. The average Bonchev–Trinajstić information content (AvgIpc) is 3.39. The molecule has 0 radical (unpaired) electrons. The number of amides is 2. The van der Waals surface area contributed by atoms with Crippen LogP contribution in [0.1, 0.15) is 34.3 Å². The highest BCUT2D eigenvalue weighted by molar-refractivity contribution is 5.87. The summed E-state index contributed by atoms with van der Waals surface area (Å²) in [4.78, 5) is 22.8. The number of benzene rings is 2. The Hall–Kier alpha value is -2.96. The van der Waals surface area contributed by atoms with Crippen molar-refractivity contribution >= 4 is 12.0 Å². The van der Waals surface area contributed by atoms with Crippen LogP contribution in [0.5, 0.6) is 0 Å². The smallest absolute Gasteiger partial charge is 0.335 e. The highest BCUT2D eigenvalue weighted by atomic mass is 19.1. The van der Waals surface area contributed by atoms with E-state index >= 15 is 0 Å². The topological polar surface area (TPSA) is 78.4 Å². The van der Waals surface area contributed by atoms with E-state index in [2.05, 4.69) is 10.6 Å². The van der Waals surface area contributed by atoms with Crippen LogP contribution in [0.3, 0.4) is 0 Å². The minimum Gasteiger partial charge on any atom is -0.478 e. The van der Waals surface area contributed by atoms with Crippen LogP contribution in [0.2, 0.25) is 0 Å². The number of urea groups is 1. The lowest BCUT2D eigenvalue weighted by atomic mass is 9.95. The van der Waals surface area contributed by atoms with Gasteiger partial charge in [0.2, 0.25) is 0 Å². The van der Waals surface area contributed by atoms with Crippen molar-refractivity contribution in [2.24, 2.45) is 0 Å². The molecule has 1 saturated carbocycles. The van der Waals surface area contributed by atoms with Gasteiger partial charge in [-0.2, -0.15) is 0 Å². The van der Waals surface area contributed by atoms with Crippen molar-refractivity contribution < 1.29 is 23.5 Å². The molecule has 3 rings (SSSR count). The molecular formula is C19H18F2N2O3. The zero-order valence-electron chi connectivity index (χ0n) is 13.9. The van der Waals surface area contributed by atoms with Gasteiger partial charge >= 0.3 is 12.0 Å². The molecule has 1 fully saturated rings. The van der Waals surface area contributed by atoms with Crippen LogP contribution in [0.25, 0.3) is 0 Å². The molecule has 26 heavy (non-hydrogen) atoms. The van der Waals surface area contributed by atoms with Gasteiger partial charge in [0.05, 0.1) is 5.56 Å². The molecule has 0 heterocycles. The standard InChI is InChI=1S/C19H18F2N2O3/c20-14-5-6-15(16(21)9-14)19(7-8-19)11-23-18(26)22-10-12-1-3-13(4-2-12)17(24)25/h1-6,9H,7-8,10-11H2,(H,24,25)(H2,22,23,26). The second-order valence-electron chi connectivity index (χ2n) is 6.44. The first-order valence-electron chi connectivity index (χ1n) is 8.19. The summed E-state index contributed by atoms with van der Waals surface area (Å²) in [5.74, 6) is -2.23. The first-order valence-corrected chi connectivity index (χ1v) is 8.19. The Morgan fingerprint density at radius 2 is 1.73 bits per heavy atom. The van der Waals surface area contributed by atoms with E-state index in [1.165, 1.54) is 24.3 Å². The Morgan fingerprint density at radius 1 is 1.04 bits per heavy atom. The van der Waals surface area contributed by atoms with E-state index in [9.17, 15) is 18.4 Å². The zero-order chi connectivity index (χ0) is 18.7. The maximum Gasteiger partial charge on any atom is 0.335 e. The summed E-state index contributed by atoms with van der Waals surface area (Å²) in [5, 5.41) is 14.2. The zero-order valence-corrected chi connectivity index (χ0v) is 13.9. The molecule has 2 amide bonds. The van der Waals surface area contributed by atoms with Gasteiger partial charge in [0.25, 0.3) is 0 Å². The van der Waals surface area contributed by atoms with Crippen molar-refractivity contribution in [1.29, 1.82) is 0 Å². The summed E-state index contributed by atoms with van der Waals surface area (Å²) < 4.78 is 27.0. The molecule has 2 aromatic rings. The summed E-state index contributed by atoms with van der Waals surface area (Å²) in [6, 6.07) is 9.29. The van der Waals surface area contributed by atoms with Gasteiger partial charge < -0.3 is 15.7 Å². The van der Waals surface area contributed by atoms with Gasteiger partial charge in [-0.25, -0.2) is 18.4 Å². The number of carboxylic acids is 1. The Bertz CT molecular complexity index is 833. The fourth-order valence-electron chi connectivity index (χ4n) is 2.87. The molecule has 5 nitrogen and oxygen atoms in total. The van der Waals surface area contributed by atoms with Gasteiger partial charge in [-0.05, 0) is 42.2 Å². The number of nitrogens with one attached hydrogen (secondary N) is 2. The maximum absolute atomic E-state index is 14.0. The number of carboxylic acid groups (broad SMARTS) is 1. The maximum atomic E-state index is 14.0. The van der Waals surface area contributed by atoms with Crippen LogP contribution < -0.4 is 10.6 Å². The average molecular weight is 360 g/mol. The lowest BCUT2D eigenvalue weighted by molar-refractivity contribution is 0.0697. The molecule has 0 bridgehead atoms. The Balaban J connectivity index is 1.52. The summed E-state index contributed by atoms with van der Waals surface area (Å²) in [5.41, 5.74) is 0.882. The number of carbonyl (C=O) groups excluding carboxylic acids is 1. The third-order valence-electron chi connectivity index (χ3n) is 4.60. The van der Waals surface area contributed by atoms with Crippen LogP contribution in [0.15, 0.2) is 42.5 Å². The van der Waals surface area contributed by atoms with Crippen molar-refractivity contribution in [1.82, 2.24) is 10.6 Å². The number of hydrogen-bond donors (Lipinski definition) is 3. The molecule has 3 N–H and O–H groups in total. The first-order chi connectivity index (χ1) is 12.4. The molecule has 136 valence electrons. The number of hydrogen-bond acceptors (Lipinski definition) is 2. The van der Waals surface area contributed by atoms with Gasteiger partial charge in [0, 0.05) is 24.6 Å². The number of halogens is 2. The van der Waals surface area contributed by atoms with Crippen molar-refractivity contribution in [3.63, 3.8) is 0 Å². The number of rotatable bonds is 6. The molecule has 1 aliphatic rings. The molecule has 0 atom stereocenters. The molecule has 1 aliphatic carbocycles. The molecule has 0 spiro atoms. The van der Waals surface area contributed by atoms with E-state index in [1.54, 1.807) is 12.1 Å². The van der Waals surface area contributed by atoms with E-state index in [4.69, 9.17) is 5.11 Å². The van der Waals surface area contributed by atoms with E-state index in [1.807, 2.05) is 0 Å². The second kappa shape index (κ2) is 7.11. The predicted molar refractivity (Wildman–Crippen MR) is 90.9 cm³/mol. The van der Waals surface area contributed by atoms with Crippen LogP contribution in [-0.4, -0.2) is 23.7 Å². The predicted octanol–water partition coefficient (Wildman–Crippen LogP) is 3.19. The van der Waals surface area contributed by atoms with E-state index in [0.29, 0.717) is 5.56 Å². The Kier molecular flexibility index (Phi) is 4.88. The minimum absolute atomic E-state index is 0.176. The third kappa shape index (κ3) is 3.99. The molecule has 0 saturated heterocycles. The van der Waals surface area contributed by atoms with Crippen molar-refractivity contribution in [3.8, 4) is 0 Å². The quantitative estimate of drug-likeness (QED) is 0.740. The van der Waals surface area contributed by atoms with Gasteiger partial charge in [0.15, 0.2) is 0 Å². The molecular weight excluding hydrogens is 342 g/mol. The van der Waals surface area contributed by atoms with Crippen LogP contribution in [-0.2, 0) is 12.0 Å². The van der Waals surface area contributed by atoms with Gasteiger partial charge in [0.1, 0.15) is 11.6 Å². The molecule has 0 aromatic heterocycles. The highest BCUT2D eigenvalue weighted by Crippen LogP contribution is 2.48. The molecule has 0 unspecified atom stereocenters. The van der Waals surface area contributed by atoms with Crippen molar-refractivity contribution in [3.05, 3.63) is 70.8 Å². The van der Waals surface area contributed by atoms with Crippen LogP contribution in [0, 0.1) is 11.6 Å². The summed E-state index contributed by atoms with van der Waals surface area (Å²) in [6.45, 7) is 0.503. The SMILES string of the molecule is O=C(NCc1ccc(C(=O)O)cc1)NCC1(c2ccc(F)cc2F)CC1. The third-order valence-corrected chi connectivity index (χ3v) is 4.60. The Labute approximate surface area is 149 Å². The van der Waals surface area contributed by atoms with Crippen molar-refractivity contribution in [2.45, 2.75) is 24.8 Å². The van der Waals surface area contributed by atoms with Gasteiger partial charge in [-0.15, -0.1) is 0 Å². The minimum atomic E-state index is -1.01. The van der Waals surface area contributed by atoms with Gasteiger partial charge in [-0.1, -0.05) is 18.2 Å². The molecule has 7 heteroatoms. The summed E-state index contributed by atoms with van der Waals surface area (Å²) >= 11 is 0. The monoisotopic (exact) mass is 360 g/mol. The highest BCUT2D eigenvalue weighted by Gasteiger charge is 2.46. The summed E-state index contributed by atoms with van der Waals surface area (Å²) in [7, 11) is 0.